The van der Waals surface area contributed by atoms with Crippen LogP contribution in [0.4, 0.5) is 4.39 Å². The van der Waals surface area contributed by atoms with Crippen molar-refractivity contribution in [3.63, 3.8) is 0 Å². The first-order chi connectivity index (χ1) is 5.81. The SMILES string of the molecule is FC1(c2ccccc2)CCN=N1. The zero-order chi connectivity index (χ0) is 8.44. The van der Waals surface area contributed by atoms with Crippen molar-refractivity contribution >= 4 is 0 Å². The van der Waals surface area contributed by atoms with Gasteiger partial charge in [0.15, 0.2) is 0 Å². The topological polar surface area (TPSA) is 24.7 Å². The van der Waals surface area contributed by atoms with Gasteiger partial charge >= 0.3 is 0 Å². The first-order valence-corrected chi connectivity index (χ1v) is 3.94. The second kappa shape index (κ2) is 2.66. The van der Waals surface area contributed by atoms with E-state index in [-0.39, 0.29) is 0 Å². The molecule has 2 nitrogen and oxygen atoms in total. The molecule has 0 radical (unpaired) electrons. The van der Waals surface area contributed by atoms with Crippen LogP contribution in [0.15, 0.2) is 40.6 Å². The second-order valence-corrected chi connectivity index (χ2v) is 2.84. The summed E-state index contributed by atoms with van der Waals surface area (Å²) in [6.07, 6.45) is 0.372. The van der Waals surface area contributed by atoms with E-state index in [1.54, 1.807) is 12.1 Å². The third-order valence-electron chi connectivity index (χ3n) is 1.99. The molecule has 0 bridgehead atoms. The molecule has 0 aliphatic carbocycles. The van der Waals surface area contributed by atoms with Gasteiger partial charge in [0, 0.05) is 12.0 Å². The minimum atomic E-state index is -1.55. The molecule has 0 saturated carbocycles. The number of benzene rings is 1. The Labute approximate surface area is 70.1 Å². The summed E-state index contributed by atoms with van der Waals surface area (Å²) in [6.45, 7) is 0.491. The molecule has 1 heterocycles. The molecule has 1 unspecified atom stereocenters. The fourth-order valence-electron chi connectivity index (χ4n) is 1.31. The Hall–Kier alpha value is -1.25. The molecule has 3 heteroatoms. The third-order valence-corrected chi connectivity index (χ3v) is 1.99. The maximum Gasteiger partial charge on any atom is 0.246 e. The van der Waals surface area contributed by atoms with E-state index in [0.29, 0.717) is 18.5 Å². The van der Waals surface area contributed by atoms with Crippen molar-refractivity contribution in [3.8, 4) is 0 Å². The molecule has 1 aromatic rings. The third kappa shape index (κ3) is 1.11. The number of rotatable bonds is 1. The van der Waals surface area contributed by atoms with E-state index in [1.807, 2.05) is 18.2 Å². The Balaban J connectivity index is 2.36. The molecule has 0 fully saturated rings. The fraction of sp³-hybridized carbons (Fsp3) is 0.333. The predicted molar refractivity (Wildman–Crippen MR) is 43.6 cm³/mol. The van der Waals surface area contributed by atoms with Gasteiger partial charge in [-0.15, -0.1) is 5.11 Å². The summed E-state index contributed by atoms with van der Waals surface area (Å²) in [5, 5.41) is 7.26. The van der Waals surface area contributed by atoms with E-state index in [4.69, 9.17) is 0 Å². The molecular formula is C9H9FN2. The monoisotopic (exact) mass is 164 g/mol. The van der Waals surface area contributed by atoms with Gasteiger partial charge in [-0.1, -0.05) is 30.3 Å². The van der Waals surface area contributed by atoms with Crippen molar-refractivity contribution in [1.82, 2.24) is 0 Å². The summed E-state index contributed by atoms with van der Waals surface area (Å²) in [6, 6.07) is 8.96. The molecule has 0 aromatic heterocycles. The minimum absolute atomic E-state index is 0.372. The molecule has 0 spiro atoms. The van der Waals surface area contributed by atoms with Crippen LogP contribution in [0.25, 0.3) is 0 Å². The van der Waals surface area contributed by atoms with Crippen molar-refractivity contribution in [2.24, 2.45) is 10.2 Å². The van der Waals surface area contributed by atoms with Gasteiger partial charge in [0.25, 0.3) is 0 Å². The molecule has 62 valence electrons. The number of alkyl halides is 1. The Morgan fingerprint density at radius 2 is 2.00 bits per heavy atom. The standard InChI is InChI=1S/C9H9FN2/c10-9(6-7-11-12-9)8-4-2-1-3-5-8/h1-5H,6-7H2. The van der Waals surface area contributed by atoms with E-state index < -0.39 is 5.79 Å². The molecule has 1 aromatic carbocycles. The number of azo groups is 1. The molecule has 12 heavy (non-hydrogen) atoms. The van der Waals surface area contributed by atoms with Gasteiger partial charge in [0.1, 0.15) is 0 Å². The lowest BCUT2D eigenvalue weighted by molar-refractivity contribution is 0.181. The quantitative estimate of drug-likeness (QED) is 0.570. The van der Waals surface area contributed by atoms with Crippen LogP contribution < -0.4 is 0 Å². The minimum Gasteiger partial charge on any atom is -0.211 e. The van der Waals surface area contributed by atoms with Gasteiger partial charge in [0.2, 0.25) is 5.79 Å². The highest BCUT2D eigenvalue weighted by Crippen LogP contribution is 2.35. The van der Waals surface area contributed by atoms with Gasteiger partial charge in [-0.3, -0.25) is 0 Å². The smallest absolute Gasteiger partial charge is 0.211 e. The first-order valence-electron chi connectivity index (χ1n) is 3.94. The molecule has 1 aliphatic rings. The average Bonchev–Trinajstić information content (AvgIpc) is 2.55. The van der Waals surface area contributed by atoms with Crippen molar-refractivity contribution in [2.45, 2.75) is 12.2 Å². The van der Waals surface area contributed by atoms with Crippen LogP contribution in [0.5, 0.6) is 0 Å². The zero-order valence-electron chi connectivity index (χ0n) is 6.57. The number of halogens is 1. The lowest BCUT2D eigenvalue weighted by atomic mass is 10.0. The highest BCUT2D eigenvalue weighted by atomic mass is 19.1. The van der Waals surface area contributed by atoms with Gasteiger partial charge in [-0.2, -0.15) is 5.11 Å². The van der Waals surface area contributed by atoms with Crippen LogP contribution in [0.3, 0.4) is 0 Å². The summed E-state index contributed by atoms with van der Waals surface area (Å²) < 4.78 is 13.8. The number of hydrogen-bond donors (Lipinski definition) is 0. The molecular weight excluding hydrogens is 155 g/mol. The molecule has 0 saturated heterocycles. The van der Waals surface area contributed by atoms with E-state index >= 15 is 0 Å². The lowest BCUT2D eigenvalue weighted by Gasteiger charge is -2.13. The summed E-state index contributed by atoms with van der Waals surface area (Å²) in [4.78, 5) is 0. The van der Waals surface area contributed by atoms with Crippen LogP contribution in [-0.4, -0.2) is 6.54 Å². The predicted octanol–water partition coefficient (Wildman–Crippen LogP) is 2.66. The van der Waals surface area contributed by atoms with Gasteiger partial charge < -0.3 is 0 Å². The number of hydrogen-bond acceptors (Lipinski definition) is 2. The maximum absolute atomic E-state index is 13.8. The Morgan fingerprint density at radius 1 is 1.25 bits per heavy atom. The average molecular weight is 164 g/mol. The Kier molecular flexibility index (Phi) is 1.64. The van der Waals surface area contributed by atoms with E-state index in [0.717, 1.165) is 0 Å². The molecule has 1 atom stereocenters. The highest BCUT2D eigenvalue weighted by molar-refractivity contribution is 5.22. The van der Waals surface area contributed by atoms with Gasteiger partial charge in [-0.25, -0.2) is 4.39 Å². The Bertz CT molecular complexity index is 297. The van der Waals surface area contributed by atoms with Crippen molar-refractivity contribution in [1.29, 1.82) is 0 Å². The second-order valence-electron chi connectivity index (χ2n) is 2.84. The van der Waals surface area contributed by atoms with E-state index in [1.165, 1.54) is 0 Å². The number of nitrogens with zero attached hydrogens (tertiary/aromatic N) is 2. The van der Waals surface area contributed by atoms with Gasteiger partial charge in [0.05, 0.1) is 6.54 Å². The largest absolute Gasteiger partial charge is 0.246 e. The molecule has 0 N–H and O–H groups in total. The summed E-state index contributed by atoms with van der Waals surface area (Å²) in [5.74, 6) is -1.55. The molecule has 0 amide bonds. The summed E-state index contributed by atoms with van der Waals surface area (Å²) >= 11 is 0. The lowest BCUT2D eigenvalue weighted by Crippen LogP contribution is -2.13. The summed E-state index contributed by atoms with van der Waals surface area (Å²) in [5.41, 5.74) is 0.603. The molecule has 2 rings (SSSR count). The first kappa shape index (κ1) is 7.40. The van der Waals surface area contributed by atoms with Crippen LogP contribution in [-0.2, 0) is 5.79 Å². The fourth-order valence-corrected chi connectivity index (χ4v) is 1.31. The van der Waals surface area contributed by atoms with Crippen LogP contribution in [0.1, 0.15) is 12.0 Å². The normalized spacial score (nSPS) is 27.8. The summed E-state index contributed by atoms with van der Waals surface area (Å²) in [7, 11) is 0. The zero-order valence-corrected chi connectivity index (χ0v) is 6.57. The highest BCUT2D eigenvalue weighted by Gasteiger charge is 2.34. The maximum atomic E-state index is 13.8. The molecule has 1 aliphatic heterocycles. The van der Waals surface area contributed by atoms with E-state index in [9.17, 15) is 4.39 Å². The van der Waals surface area contributed by atoms with Crippen molar-refractivity contribution in [3.05, 3.63) is 35.9 Å². The van der Waals surface area contributed by atoms with Crippen LogP contribution in [0, 0.1) is 0 Å². The van der Waals surface area contributed by atoms with Crippen molar-refractivity contribution in [2.75, 3.05) is 6.54 Å². The Morgan fingerprint density at radius 3 is 2.58 bits per heavy atom. The van der Waals surface area contributed by atoms with E-state index in [2.05, 4.69) is 10.2 Å². The van der Waals surface area contributed by atoms with Crippen molar-refractivity contribution < 1.29 is 4.39 Å². The van der Waals surface area contributed by atoms with Crippen LogP contribution >= 0.6 is 0 Å². The van der Waals surface area contributed by atoms with Crippen LogP contribution in [0.2, 0.25) is 0 Å². The van der Waals surface area contributed by atoms with Gasteiger partial charge in [-0.05, 0) is 0 Å².